The molecule has 3 N–H and O–H groups in total. The molecule has 6 heteroatoms. The minimum absolute atomic E-state index is 0.167. The van der Waals surface area contributed by atoms with Gasteiger partial charge in [0.05, 0.1) is 39.4 Å². The van der Waals surface area contributed by atoms with Gasteiger partial charge in [0, 0.05) is 22.6 Å². The topological polar surface area (TPSA) is 83.0 Å². The lowest BCUT2D eigenvalue weighted by Crippen LogP contribution is -2.30. The fourth-order valence-corrected chi connectivity index (χ4v) is 4.36. The van der Waals surface area contributed by atoms with E-state index in [-0.39, 0.29) is 19.8 Å². The zero-order chi connectivity index (χ0) is 21.4. The van der Waals surface area contributed by atoms with Crippen LogP contribution in [0.2, 0.25) is 0 Å². The molecule has 0 spiro atoms. The van der Waals surface area contributed by atoms with Crippen LogP contribution < -0.4 is 14.0 Å². The van der Waals surface area contributed by atoms with E-state index in [0.717, 1.165) is 38.9 Å². The van der Waals surface area contributed by atoms with E-state index in [9.17, 15) is 15.3 Å². The van der Waals surface area contributed by atoms with E-state index in [1.165, 1.54) is 0 Å². The van der Waals surface area contributed by atoms with Gasteiger partial charge in [-0.05, 0) is 52.2 Å². The van der Waals surface area contributed by atoms with E-state index < -0.39 is 0 Å². The first kappa shape index (κ1) is 20.3. The summed E-state index contributed by atoms with van der Waals surface area (Å²) in [5, 5.41) is 35.8. The largest absolute Gasteiger partial charge is 0.496 e. The summed E-state index contributed by atoms with van der Waals surface area (Å²) in [5.74, 6) is 1.15. The van der Waals surface area contributed by atoms with Crippen LogP contribution in [0.5, 0.6) is 11.5 Å². The van der Waals surface area contributed by atoms with Crippen LogP contribution in [0, 0.1) is 0 Å². The van der Waals surface area contributed by atoms with Crippen molar-refractivity contribution in [2.45, 2.75) is 33.3 Å². The summed E-state index contributed by atoms with van der Waals surface area (Å²) in [6, 6.07) is 7.83. The van der Waals surface area contributed by atoms with Crippen molar-refractivity contribution in [3.8, 4) is 11.5 Å². The lowest BCUT2D eigenvalue weighted by Gasteiger charge is -2.19. The molecule has 0 unspecified atom stereocenters. The molecule has 3 aromatic carbocycles. The molecule has 0 saturated carbocycles. The molecular formula is C24H26NO5+. The Hall–Kier alpha value is -2.93. The number of aromatic nitrogens is 1. The van der Waals surface area contributed by atoms with Gasteiger partial charge >= 0.3 is 0 Å². The summed E-state index contributed by atoms with van der Waals surface area (Å²) in [7, 11) is 3.15. The second kappa shape index (κ2) is 8.07. The maximum atomic E-state index is 10.3. The number of aliphatic hydroxyl groups excluding tert-OH is 3. The summed E-state index contributed by atoms with van der Waals surface area (Å²) >= 11 is 0. The van der Waals surface area contributed by atoms with Crippen LogP contribution in [0.15, 0.2) is 36.7 Å². The van der Waals surface area contributed by atoms with E-state index in [1.54, 1.807) is 14.2 Å². The number of ether oxygens (including phenoxy) is 2. The molecule has 0 aliphatic rings. The van der Waals surface area contributed by atoms with Crippen molar-refractivity contribution in [1.29, 1.82) is 0 Å². The average Bonchev–Trinajstić information content (AvgIpc) is 2.81. The minimum Gasteiger partial charge on any atom is -0.496 e. The predicted octanol–water partition coefficient (Wildman–Crippen LogP) is 2.95. The molecule has 4 aromatic rings. The molecule has 156 valence electrons. The maximum Gasteiger partial charge on any atom is 0.177 e. The number of rotatable bonds is 6. The van der Waals surface area contributed by atoms with Gasteiger partial charge in [-0.15, -0.1) is 0 Å². The van der Waals surface area contributed by atoms with Crippen molar-refractivity contribution in [1.82, 2.24) is 0 Å². The van der Waals surface area contributed by atoms with Gasteiger partial charge in [0.15, 0.2) is 12.4 Å². The Labute approximate surface area is 174 Å². The van der Waals surface area contributed by atoms with Crippen LogP contribution in [0.1, 0.15) is 23.6 Å². The van der Waals surface area contributed by atoms with Crippen LogP contribution in [0.4, 0.5) is 0 Å². The van der Waals surface area contributed by atoms with Gasteiger partial charge in [-0.1, -0.05) is 0 Å². The molecule has 4 rings (SSSR count). The number of hydrogen-bond acceptors (Lipinski definition) is 5. The van der Waals surface area contributed by atoms with E-state index in [4.69, 9.17) is 9.47 Å². The fraction of sp³-hybridized carbons (Fsp3) is 0.292. The van der Waals surface area contributed by atoms with Gasteiger partial charge in [-0.3, -0.25) is 0 Å². The van der Waals surface area contributed by atoms with Gasteiger partial charge in [-0.25, -0.2) is 4.57 Å². The molecular weight excluding hydrogens is 382 g/mol. The molecule has 30 heavy (non-hydrogen) atoms. The summed E-state index contributed by atoms with van der Waals surface area (Å²) < 4.78 is 13.2. The zero-order valence-corrected chi connectivity index (χ0v) is 17.4. The van der Waals surface area contributed by atoms with E-state index in [0.29, 0.717) is 28.2 Å². The molecule has 0 bridgehead atoms. The Bertz CT molecular complexity index is 1270. The highest BCUT2D eigenvalue weighted by Gasteiger charge is 2.21. The Balaban J connectivity index is 2.35. The number of nitrogens with zero attached hydrogens (tertiary/aromatic N) is 1. The number of pyridine rings is 1. The molecule has 0 aliphatic heterocycles. The van der Waals surface area contributed by atoms with Crippen molar-refractivity contribution in [3.05, 3.63) is 53.3 Å². The molecule has 1 heterocycles. The van der Waals surface area contributed by atoms with Crippen molar-refractivity contribution in [2.24, 2.45) is 0 Å². The average molecular weight is 408 g/mol. The second-order valence-corrected chi connectivity index (χ2v) is 7.25. The van der Waals surface area contributed by atoms with Crippen LogP contribution in [0.25, 0.3) is 32.3 Å². The zero-order valence-electron chi connectivity index (χ0n) is 17.4. The summed E-state index contributed by atoms with van der Waals surface area (Å²) in [6.07, 6.45) is 4.12. The van der Waals surface area contributed by atoms with Crippen molar-refractivity contribution < 1.29 is 29.4 Å². The molecule has 0 amide bonds. The molecule has 0 radical (unpaired) electrons. The van der Waals surface area contributed by atoms with Gasteiger partial charge in [-0.2, -0.15) is 0 Å². The fourth-order valence-electron chi connectivity index (χ4n) is 4.36. The third-order valence-corrected chi connectivity index (χ3v) is 5.87. The number of aryl methyl sites for hydroxylation is 1. The Morgan fingerprint density at radius 1 is 0.767 bits per heavy atom. The number of fused-ring (bicyclic) bond motifs is 6. The highest BCUT2D eigenvalue weighted by Crippen LogP contribution is 2.42. The standard InChI is InChI=1S/C24H26NO5/c1-4-25-6-5-15-18-9-23(30-3)20(12-27)21(13-28)24(18)17-7-14(11-26)22(29-2)8-16(17)19(15)10-25/h5-10,26-28H,4,11-13H2,1-3H3/q+1. The number of aliphatic hydroxyl groups is 3. The van der Waals surface area contributed by atoms with Gasteiger partial charge in [0.2, 0.25) is 0 Å². The molecule has 0 saturated heterocycles. The smallest absolute Gasteiger partial charge is 0.177 e. The van der Waals surface area contributed by atoms with Crippen molar-refractivity contribution in [3.63, 3.8) is 0 Å². The van der Waals surface area contributed by atoms with E-state index in [1.807, 2.05) is 24.4 Å². The monoisotopic (exact) mass is 408 g/mol. The Morgan fingerprint density at radius 2 is 1.43 bits per heavy atom. The normalized spacial score (nSPS) is 11.5. The summed E-state index contributed by atoms with van der Waals surface area (Å²) in [6.45, 7) is 2.25. The van der Waals surface area contributed by atoms with E-state index >= 15 is 0 Å². The SMILES string of the molecule is CC[n+]1ccc2c(c1)c1cc(OC)c(CO)cc1c1c(CO)c(CO)c(OC)cc21. The van der Waals surface area contributed by atoms with Crippen molar-refractivity contribution in [2.75, 3.05) is 14.2 Å². The second-order valence-electron chi connectivity index (χ2n) is 7.25. The molecule has 0 fully saturated rings. The molecule has 6 nitrogen and oxygen atoms in total. The first-order chi connectivity index (χ1) is 14.6. The van der Waals surface area contributed by atoms with Gasteiger partial charge in [0.25, 0.3) is 0 Å². The predicted molar refractivity (Wildman–Crippen MR) is 116 cm³/mol. The molecule has 0 aliphatic carbocycles. The van der Waals surface area contributed by atoms with Crippen LogP contribution in [-0.2, 0) is 26.4 Å². The molecule has 1 aromatic heterocycles. The van der Waals surface area contributed by atoms with Crippen LogP contribution in [0.3, 0.4) is 0 Å². The highest BCUT2D eigenvalue weighted by atomic mass is 16.5. The van der Waals surface area contributed by atoms with Gasteiger partial charge < -0.3 is 24.8 Å². The first-order valence-corrected chi connectivity index (χ1v) is 9.92. The number of hydrogen-bond donors (Lipinski definition) is 3. The maximum absolute atomic E-state index is 10.3. The van der Waals surface area contributed by atoms with Crippen LogP contribution >= 0.6 is 0 Å². The number of benzene rings is 3. The minimum atomic E-state index is -0.248. The third kappa shape index (κ3) is 2.96. The van der Waals surface area contributed by atoms with E-state index in [2.05, 4.69) is 23.8 Å². The molecule has 0 atom stereocenters. The Morgan fingerprint density at radius 3 is 2.03 bits per heavy atom. The van der Waals surface area contributed by atoms with Crippen molar-refractivity contribution >= 4 is 32.3 Å². The third-order valence-electron chi connectivity index (χ3n) is 5.87. The summed E-state index contributed by atoms with van der Waals surface area (Å²) in [4.78, 5) is 0. The highest BCUT2D eigenvalue weighted by molar-refractivity contribution is 6.26. The quantitative estimate of drug-likeness (QED) is 0.338. The number of methoxy groups -OCH3 is 2. The van der Waals surface area contributed by atoms with Crippen LogP contribution in [-0.4, -0.2) is 29.5 Å². The van der Waals surface area contributed by atoms with Gasteiger partial charge in [0.1, 0.15) is 18.0 Å². The first-order valence-electron chi connectivity index (χ1n) is 9.92. The lowest BCUT2D eigenvalue weighted by molar-refractivity contribution is -0.692. The summed E-state index contributed by atoms with van der Waals surface area (Å²) in [5.41, 5.74) is 1.85. The Kier molecular flexibility index (Phi) is 5.47. The lowest BCUT2D eigenvalue weighted by atomic mass is 9.89.